The van der Waals surface area contributed by atoms with Crippen molar-refractivity contribution in [3.8, 4) is 0 Å². The summed E-state index contributed by atoms with van der Waals surface area (Å²) in [5, 5.41) is 1.51. The van der Waals surface area contributed by atoms with Gasteiger partial charge in [0.15, 0.2) is 0 Å². The summed E-state index contributed by atoms with van der Waals surface area (Å²) in [6, 6.07) is 12.0. The summed E-state index contributed by atoms with van der Waals surface area (Å²) in [6.07, 6.45) is 0.266. The second-order valence-electron chi connectivity index (χ2n) is 6.11. The van der Waals surface area contributed by atoms with Crippen molar-refractivity contribution in [3.05, 3.63) is 68.7 Å². The summed E-state index contributed by atoms with van der Waals surface area (Å²) in [6.45, 7) is 2.04. The van der Waals surface area contributed by atoms with E-state index in [1.165, 1.54) is 0 Å². The summed E-state index contributed by atoms with van der Waals surface area (Å²) in [5.74, 6) is -0.0276. The summed E-state index contributed by atoms with van der Waals surface area (Å²) >= 11 is 17.8. The Hall–Kier alpha value is -1.75. The highest BCUT2D eigenvalue weighted by atomic mass is 35.5. The highest BCUT2D eigenvalue weighted by molar-refractivity contribution is 6.42. The van der Waals surface area contributed by atoms with Crippen LogP contribution >= 0.6 is 34.8 Å². The second kappa shape index (κ2) is 8.30. The van der Waals surface area contributed by atoms with Gasteiger partial charge in [0, 0.05) is 36.8 Å². The van der Waals surface area contributed by atoms with Crippen molar-refractivity contribution in [2.75, 3.05) is 26.2 Å². The normalized spacial score (nSPS) is 14.4. The lowest BCUT2D eigenvalue weighted by molar-refractivity contribution is -0.131. The fourth-order valence-corrected chi connectivity index (χ4v) is 3.32. The van der Waals surface area contributed by atoms with Crippen molar-refractivity contribution in [2.45, 2.75) is 6.42 Å². The van der Waals surface area contributed by atoms with Crippen molar-refractivity contribution in [3.63, 3.8) is 0 Å². The smallest absolute Gasteiger partial charge is 0.253 e. The highest BCUT2D eigenvalue weighted by Gasteiger charge is 2.24. The molecule has 1 saturated heterocycles. The van der Waals surface area contributed by atoms with Gasteiger partial charge in [0.05, 0.1) is 16.5 Å². The van der Waals surface area contributed by atoms with Crippen molar-refractivity contribution in [1.82, 2.24) is 9.80 Å². The number of piperazine rings is 1. The zero-order valence-electron chi connectivity index (χ0n) is 13.9. The Morgan fingerprint density at radius 1 is 0.808 bits per heavy atom. The molecule has 0 N–H and O–H groups in total. The van der Waals surface area contributed by atoms with Gasteiger partial charge in [-0.1, -0.05) is 40.9 Å². The molecule has 0 saturated carbocycles. The van der Waals surface area contributed by atoms with Crippen LogP contribution in [0.4, 0.5) is 0 Å². The zero-order chi connectivity index (χ0) is 18.7. The van der Waals surface area contributed by atoms with E-state index in [0.29, 0.717) is 46.8 Å². The van der Waals surface area contributed by atoms with Crippen LogP contribution in [0.2, 0.25) is 15.1 Å². The summed E-state index contributed by atoms with van der Waals surface area (Å²) < 4.78 is 0. The molecule has 1 fully saturated rings. The predicted molar refractivity (Wildman–Crippen MR) is 104 cm³/mol. The fraction of sp³-hybridized carbons (Fsp3) is 0.263. The molecule has 3 rings (SSSR count). The largest absolute Gasteiger partial charge is 0.339 e. The number of benzene rings is 2. The Kier molecular flexibility index (Phi) is 6.07. The maximum absolute atomic E-state index is 12.5. The summed E-state index contributed by atoms with van der Waals surface area (Å²) in [5.41, 5.74) is 1.43. The van der Waals surface area contributed by atoms with Crippen LogP contribution < -0.4 is 0 Å². The number of rotatable bonds is 3. The third kappa shape index (κ3) is 4.50. The minimum Gasteiger partial charge on any atom is -0.339 e. The first-order chi connectivity index (χ1) is 12.4. The Morgan fingerprint density at radius 3 is 2.04 bits per heavy atom. The van der Waals surface area contributed by atoms with Gasteiger partial charge in [-0.25, -0.2) is 0 Å². The number of hydrogen-bond donors (Lipinski definition) is 0. The molecule has 7 heteroatoms. The second-order valence-corrected chi connectivity index (χ2v) is 7.36. The number of halogens is 3. The Morgan fingerprint density at radius 2 is 1.42 bits per heavy atom. The van der Waals surface area contributed by atoms with E-state index in [-0.39, 0.29) is 18.2 Å². The molecule has 2 aromatic carbocycles. The Balaban J connectivity index is 1.55. The van der Waals surface area contributed by atoms with E-state index in [0.717, 1.165) is 5.56 Å². The number of carbonyl (C=O) groups excluding carboxylic acids is 2. The average Bonchev–Trinajstić information content (AvgIpc) is 2.65. The maximum atomic E-state index is 12.5. The quantitative estimate of drug-likeness (QED) is 0.760. The standard InChI is InChI=1S/C19H17Cl3N2O2/c20-15-4-2-14(3-5-15)19(26)24-9-7-23(8-10-24)18(25)12-13-1-6-16(21)17(22)11-13/h1-6,11H,7-10,12H2. The van der Waals surface area contributed by atoms with E-state index in [9.17, 15) is 9.59 Å². The average molecular weight is 412 g/mol. The summed E-state index contributed by atoms with van der Waals surface area (Å²) in [7, 11) is 0. The van der Waals surface area contributed by atoms with Gasteiger partial charge in [-0.05, 0) is 42.0 Å². The Labute approximate surface area is 167 Å². The molecule has 1 aliphatic rings. The number of amides is 2. The van der Waals surface area contributed by atoms with E-state index in [1.54, 1.807) is 52.3 Å². The minimum atomic E-state index is -0.0433. The molecule has 2 aromatic rings. The topological polar surface area (TPSA) is 40.6 Å². The maximum Gasteiger partial charge on any atom is 0.253 e. The lowest BCUT2D eigenvalue weighted by Gasteiger charge is -2.35. The van der Waals surface area contributed by atoms with Crippen LogP contribution in [-0.4, -0.2) is 47.8 Å². The van der Waals surface area contributed by atoms with E-state index in [2.05, 4.69) is 0 Å². The van der Waals surface area contributed by atoms with Gasteiger partial charge < -0.3 is 9.80 Å². The first-order valence-electron chi connectivity index (χ1n) is 8.20. The van der Waals surface area contributed by atoms with Gasteiger partial charge in [-0.2, -0.15) is 0 Å². The van der Waals surface area contributed by atoms with Gasteiger partial charge in [-0.15, -0.1) is 0 Å². The molecule has 136 valence electrons. The molecule has 0 bridgehead atoms. The number of hydrogen-bond acceptors (Lipinski definition) is 2. The van der Waals surface area contributed by atoms with Crippen LogP contribution in [0.15, 0.2) is 42.5 Å². The predicted octanol–water partition coefficient (Wildman–Crippen LogP) is 4.17. The summed E-state index contributed by atoms with van der Waals surface area (Å²) in [4.78, 5) is 28.5. The monoisotopic (exact) mass is 410 g/mol. The number of nitrogens with zero attached hydrogens (tertiary/aromatic N) is 2. The van der Waals surface area contributed by atoms with Crippen LogP contribution in [0.5, 0.6) is 0 Å². The molecular weight excluding hydrogens is 395 g/mol. The minimum absolute atomic E-state index is 0.0157. The third-order valence-electron chi connectivity index (χ3n) is 4.35. The van der Waals surface area contributed by atoms with Crippen molar-refractivity contribution < 1.29 is 9.59 Å². The molecule has 26 heavy (non-hydrogen) atoms. The molecular formula is C19H17Cl3N2O2. The van der Waals surface area contributed by atoms with Crippen LogP contribution in [0.1, 0.15) is 15.9 Å². The van der Waals surface area contributed by atoms with E-state index >= 15 is 0 Å². The molecule has 0 atom stereocenters. The van der Waals surface area contributed by atoms with Crippen molar-refractivity contribution in [1.29, 1.82) is 0 Å². The van der Waals surface area contributed by atoms with Crippen LogP contribution in [0, 0.1) is 0 Å². The van der Waals surface area contributed by atoms with Gasteiger partial charge in [0.1, 0.15) is 0 Å². The molecule has 2 amide bonds. The van der Waals surface area contributed by atoms with Crippen molar-refractivity contribution in [2.24, 2.45) is 0 Å². The molecule has 0 aromatic heterocycles. The fourth-order valence-electron chi connectivity index (χ4n) is 2.87. The van der Waals surface area contributed by atoms with Gasteiger partial charge in [-0.3, -0.25) is 9.59 Å². The molecule has 0 radical (unpaired) electrons. The van der Waals surface area contributed by atoms with Crippen LogP contribution in [0.3, 0.4) is 0 Å². The lowest BCUT2D eigenvalue weighted by atomic mass is 10.1. The molecule has 0 unspecified atom stereocenters. The molecule has 0 aliphatic carbocycles. The molecule has 1 aliphatic heterocycles. The van der Waals surface area contributed by atoms with Gasteiger partial charge in [0.25, 0.3) is 5.91 Å². The van der Waals surface area contributed by atoms with Crippen molar-refractivity contribution >= 4 is 46.6 Å². The van der Waals surface area contributed by atoms with E-state index < -0.39 is 0 Å². The first-order valence-corrected chi connectivity index (χ1v) is 9.34. The molecule has 1 heterocycles. The third-order valence-corrected chi connectivity index (χ3v) is 5.34. The van der Waals surface area contributed by atoms with Gasteiger partial charge in [0.2, 0.25) is 5.91 Å². The zero-order valence-corrected chi connectivity index (χ0v) is 16.2. The van der Waals surface area contributed by atoms with Gasteiger partial charge >= 0.3 is 0 Å². The molecule has 4 nitrogen and oxygen atoms in total. The van der Waals surface area contributed by atoms with E-state index in [4.69, 9.17) is 34.8 Å². The van der Waals surface area contributed by atoms with E-state index in [1.807, 2.05) is 0 Å². The number of carbonyl (C=O) groups is 2. The SMILES string of the molecule is O=C(Cc1ccc(Cl)c(Cl)c1)N1CCN(C(=O)c2ccc(Cl)cc2)CC1. The lowest BCUT2D eigenvalue weighted by Crippen LogP contribution is -2.51. The Bertz CT molecular complexity index is 816. The van der Waals surface area contributed by atoms with Crippen LogP contribution in [-0.2, 0) is 11.2 Å². The van der Waals surface area contributed by atoms with Crippen LogP contribution in [0.25, 0.3) is 0 Å². The highest BCUT2D eigenvalue weighted by Crippen LogP contribution is 2.23. The molecule has 0 spiro atoms. The first kappa shape index (κ1) is 19.0.